The molecular weight excluding hydrogens is 320 g/mol. The summed E-state index contributed by atoms with van der Waals surface area (Å²) in [7, 11) is 0. The molecule has 1 aromatic carbocycles. The summed E-state index contributed by atoms with van der Waals surface area (Å²) in [4.78, 5) is 5.72. The lowest BCUT2D eigenvalue weighted by Gasteiger charge is -1.90. The average molecular weight is 330 g/mol. The molecule has 0 N–H and O–H groups in total. The van der Waals surface area contributed by atoms with E-state index in [-0.39, 0.29) is 0 Å². The first-order valence-corrected chi connectivity index (χ1v) is 9.04. The van der Waals surface area contributed by atoms with Crippen molar-refractivity contribution in [2.24, 2.45) is 0 Å². The zero-order valence-corrected chi connectivity index (χ0v) is 13.3. The Morgan fingerprint density at radius 2 is 2.10 bits per heavy atom. The molecule has 3 nitrogen and oxygen atoms in total. The molecule has 0 fully saturated rings. The van der Waals surface area contributed by atoms with Gasteiger partial charge < -0.3 is 4.52 Å². The van der Waals surface area contributed by atoms with Crippen LogP contribution >= 0.6 is 34.4 Å². The Bertz CT molecular complexity index is 831. The van der Waals surface area contributed by atoms with Crippen LogP contribution < -0.4 is 0 Å². The molecule has 0 atom stereocenters. The van der Waals surface area contributed by atoms with E-state index in [0.29, 0.717) is 0 Å². The number of hydrogen-bond donors (Lipinski definition) is 0. The van der Waals surface area contributed by atoms with Gasteiger partial charge in [0.1, 0.15) is 0 Å². The molecule has 0 spiro atoms. The van der Waals surface area contributed by atoms with E-state index in [1.165, 1.54) is 4.70 Å². The zero-order valence-electron chi connectivity index (χ0n) is 10.9. The van der Waals surface area contributed by atoms with Crippen LogP contribution in [0.25, 0.3) is 20.9 Å². The van der Waals surface area contributed by atoms with Crippen molar-refractivity contribution in [1.29, 1.82) is 0 Å². The number of fused-ring (bicyclic) bond motifs is 1. The number of aromatic nitrogens is 2. The Labute approximate surface area is 133 Å². The molecule has 4 rings (SSSR count). The van der Waals surface area contributed by atoms with Crippen LogP contribution in [0.3, 0.4) is 0 Å². The Kier molecular flexibility index (Phi) is 3.50. The first-order valence-electron chi connectivity index (χ1n) is 6.36. The van der Waals surface area contributed by atoms with Gasteiger partial charge in [0, 0.05) is 11.8 Å². The lowest BCUT2D eigenvalue weighted by Crippen LogP contribution is -1.78. The Hall–Kier alpha value is -1.63. The molecule has 0 unspecified atom stereocenters. The van der Waals surface area contributed by atoms with E-state index >= 15 is 0 Å². The molecule has 0 aliphatic carbocycles. The molecule has 21 heavy (non-hydrogen) atoms. The van der Waals surface area contributed by atoms with Crippen molar-refractivity contribution >= 4 is 44.7 Å². The van der Waals surface area contributed by atoms with Gasteiger partial charge in [-0.3, -0.25) is 0 Å². The molecule has 0 aliphatic heterocycles. The second-order valence-corrected chi connectivity index (χ2v) is 7.60. The summed E-state index contributed by atoms with van der Waals surface area (Å²) >= 11 is 5.07. The smallest absolute Gasteiger partial charge is 0.177 e. The van der Waals surface area contributed by atoms with Crippen molar-refractivity contribution in [2.75, 3.05) is 0 Å². The third kappa shape index (κ3) is 2.74. The summed E-state index contributed by atoms with van der Waals surface area (Å²) in [5.41, 5.74) is 2.01. The van der Waals surface area contributed by atoms with Crippen LogP contribution in [0.15, 0.2) is 56.7 Å². The van der Waals surface area contributed by atoms with Crippen molar-refractivity contribution in [1.82, 2.24) is 10.1 Å². The highest BCUT2D eigenvalue weighted by atomic mass is 32.2. The maximum absolute atomic E-state index is 5.39. The van der Waals surface area contributed by atoms with E-state index in [4.69, 9.17) is 4.52 Å². The highest BCUT2D eigenvalue weighted by Crippen LogP contribution is 2.32. The minimum atomic E-state index is 0.773. The predicted octanol–water partition coefficient (Wildman–Crippen LogP) is 5.31. The van der Waals surface area contributed by atoms with E-state index < -0.39 is 0 Å². The van der Waals surface area contributed by atoms with Crippen molar-refractivity contribution in [3.8, 4) is 10.6 Å². The van der Waals surface area contributed by atoms with Gasteiger partial charge in [0.25, 0.3) is 0 Å². The molecular formula is C15H10N2OS3. The highest BCUT2D eigenvalue weighted by Gasteiger charge is 2.09. The molecule has 0 aliphatic rings. The molecule has 0 amide bonds. The van der Waals surface area contributed by atoms with E-state index in [1.807, 2.05) is 41.8 Å². The van der Waals surface area contributed by atoms with Crippen molar-refractivity contribution in [3.05, 3.63) is 53.5 Å². The van der Waals surface area contributed by atoms with Crippen LogP contribution in [-0.4, -0.2) is 10.1 Å². The topological polar surface area (TPSA) is 38.9 Å². The number of thioether (sulfide) groups is 1. The molecule has 3 aromatic heterocycles. The zero-order chi connectivity index (χ0) is 14.1. The SMILES string of the molecule is c1csc(-c2cc(CSc3nc4ccccc4s3)no2)c1. The van der Waals surface area contributed by atoms with Crippen molar-refractivity contribution in [2.45, 2.75) is 10.1 Å². The number of hydrogen-bond acceptors (Lipinski definition) is 6. The van der Waals surface area contributed by atoms with Crippen LogP contribution in [0.2, 0.25) is 0 Å². The number of nitrogens with zero attached hydrogens (tertiary/aromatic N) is 2. The van der Waals surface area contributed by atoms with Gasteiger partial charge in [0.2, 0.25) is 0 Å². The van der Waals surface area contributed by atoms with Gasteiger partial charge in [0.05, 0.1) is 20.8 Å². The Morgan fingerprint density at radius 3 is 2.95 bits per heavy atom. The first kappa shape index (κ1) is 13.1. The van der Waals surface area contributed by atoms with Gasteiger partial charge in [0.15, 0.2) is 10.1 Å². The van der Waals surface area contributed by atoms with Crippen LogP contribution in [0.1, 0.15) is 5.69 Å². The van der Waals surface area contributed by atoms with Gasteiger partial charge in [-0.05, 0) is 23.6 Å². The summed E-state index contributed by atoms with van der Waals surface area (Å²) in [5, 5.41) is 6.16. The Morgan fingerprint density at radius 1 is 1.14 bits per heavy atom. The van der Waals surface area contributed by atoms with Crippen molar-refractivity contribution < 1.29 is 4.52 Å². The minimum Gasteiger partial charge on any atom is -0.355 e. The largest absolute Gasteiger partial charge is 0.355 e. The van der Waals surface area contributed by atoms with Crippen LogP contribution in [0.4, 0.5) is 0 Å². The third-order valence-electron chi connectivity index (χ3n) is 2.94. The Balaban J connectivity index is 1.49. The fourth-order valence-corrected chi connectivity index (χ4v) is 4.59. The van der Waals surface area contributed by atoms with E-state index in [1.54, 1.807) is 34.4 Å². The number of benzene rings is 1. The molecule has 0 bridgehead atoms. The van der Waals surface area contributed by atoms with Crippen LogP contribution in [0, 0.1) is 0 Å². The quantitative estimate of drug-likeness (QED) is 0.476. The van der Waals surface area contributed by atoms with Gasteiger partial charge in [-0.25, -0.2) is 4.98 Å². The number of rotatable bonds is 4. The average Bonchev–Trinajstić information content (AvgIpc) is 3.23. The molecule has 4 aromatic rings. The summed E-state index contributed by atoms with van der Waals surface area (Å²) in [6.07, 6.45) is 0. The molecule has 0 saturated carbocycles. The van der Waals surface area contributed by atoms with Gasteiger partial charge in [-0.2, -0.15) is 0 Å². The second-order valence-electron chi connectivity index (χ2n) is 4.40. The first-order chi connectivity index (χ1) is 10.4. The summed E-state index contributed by atoms with van der Waals surface area (Å²) in [5.74, 6) is 1.61. The number of thiophene rings is 1. The number of para-hydroxylation sites is 1. The molecule has 6 heteroatoms. The number of thiazole rings is 1. The third-order valence-corrected chi connectivity index (χ3v) is 6.04. The summed E-state index contributed by atoms with van der Waals surface area (Å²) in [6.45, 7) is 0. The van der Waals surface area contributed by atoms with Gasteiger partial charge in [-0.1, -0.05) is 35.1 Å². The maximum Gasteiger partial charge on any atom is 0.177 e. The monoisotopic (exact) mass is 330 g/mol. The molecule has 3 heterocycles. The van der Waals surface area contributed by atoms with Gasteiger partial charge in [-0.15, -0.1) is 22.7 Å². The normalized spacial score (nSPS) is 11.2. The lowest BCUT2D eigenvalue weighted by molar-refractivity contribution is 0.427. The minimum absolute atomic E-state index is 0.773. The van der Waals surface area contributed by atoms with E-state index in [9.17, 15) is 0 Å². The summed E-state index contributed by atoms with van der Waals surface area (Å²) < 4.78 is 7.67. The fraction of sp³-hybridized carbons (Fsp3) is 0.0667. The van der Waals surface area contributed by atoms with Gasteiger partial charge >= 0.3 is 0 Å². The lowest BCUT2D eigenvalue weighted by atomic mass is 10.3. The van der Waals surface area contributed by atoms with E-state index in [0.717, 1.165) is 31.9 Å². The van der Waals surface area contributed by atoms with E-state index in [2.05, 4.69) is 16.2 Å². The molecule has 0 radical (unpaired) electrons. The fourth-order valence-electron chi connectivity index (χ4n) is 1.96. The molecule has 0 saturated heterocycles. The predicted molar refractivity (Wildman–Crippen MR) is 89.0 cm³/mol. The van der Waals surface area contributed by atoms with Crippen LogP contribution in [-0.2, 0) is 5.75 Å². The molecule has 104 valence electrons. The maximum atomic E-state index is 5.39. The van der Waals surface area contributed by atoms with Crippen molar-refractivity contribution in [3.63, 3.8) is 0 Å². The summed E-state index contributed by atoms with van der Waals surface area (Å²) in [6, 6.07) is 14.3. The second kappa shape index (κ2) is 5.63. The standard InChI is InChI=1S/C15H10N2OS3/c1-2-5-13-11(4-1)16-15(21-13)20-9-10-8-12(18-17-10)14-6-3-7-19-14/h1-8H,9H2. The highest BCUT2D eigenvalue weighted by molar-refractivity contribution is 8.00. The van der Waals surface area contributed by atoms with Crippen LogP contribution in [0.5, 0.6) is 0 Å².